The number of rotatable bonds is 5. The SMILES string of the molecule is O=S(=O)(C1CCCC1)n1cc(-c2ccnc(-c3ncc(-c4ccccc4)[nH]3)c2)cn1. The van der Waals surface area contributed by atoms with Gasteiger partial charge in [-0.1, -0.05) is 43.2 Å². The minimum Gasteiger partial charge on any atom is -0.337 e. The standard InChI is InChI=1S/C22H21N5O2S/c28-30(29,19-8-4-5-9-19)27-15-18(13-25-27)17-10-11-23-20(12-17)22-24-14-21(26-22)16-6-2-1-3-7-16/h1-3,6-7,10-15,19H,4-5,8-9H2,(H,24,26). The van der Waals surface area contributed by atoms with Crippen LogP contribution < -0.4 is 0 Å². The van der Waals surface area contributed by atoms with E-state index in [9.17, 15) is 8.42 Å². The molecule has 0 saturated heterocycles. The van der Waals surface area contributed by atoms with Gasteiger partial charge < -0.3 is 4.98 Å². The number of pyridine rings is 1. The Labute approximate surface area is 174 Å². The zero-order valence-electron chi connectivity index (χ0n) is 16.3. The van der Waals surface area contributed by atoms with Gasteiger partial charge in [-0.3, -0.25) is 4.98 Å². The molecule has 1 aromatic carbocycles. The molecule has 152 valence electrons. The number of H-pyrrole nitrogens is 1. The van der Waals surface area contributed by atoms with Crippen LogP contribution >= 0.6 is 0 Å². The molecule has 0 atom stereocenters. The average molecular weight is 420 g/mol. The molecule has 0 bridgehead atoms. The van der Waals surface area contributed by atoms with Crippen molar-refractivity contribution < 1.29 is 8.42 Å². The largest absolute Gasteiger partial charge is 0.337 e. The van der Waals surface area contributed by atoms with Crippen molar-refractivity contribution >= 4 is 10.0 Å². The van der Waals surface area contributed by atoms with E-state index in [0.29, 0.717) is 24.4 Å². The maximum absolute atomic E-state index is 12.8. The number of benzene rings is 1. The molecule has 0 amide bonds. The summed E-state index contributed by atoms with van der Waals surface area (Å²) in [4.78, 5) is 12.2. The normalized spacial score (nSPS) is 14.9. The maximum atomic E-state index is 12.8. The molecule has 1 fully saturated rings. The topological polar surface area (TPSA) is 93.5 Å². The molecule has 0 radical (unpaired) electrons. The van der Waals surface area contributed by atoms with Crippen LogP contribution in [0.25, 0.3) is 33.9 Å². The summed E-state index contributed by atoms with van der Waals surface area (Å²) in [7, 11) is -3.44. The monoisotopic (exact) mass is 419 g/mol. The van der Waals surface area contributed by atoms with E-state index in [1.165, 1.54) is 0 Å². The summed E-state index contributed by atoms with van der Waals surface area (Å²) in [6.07, 6.45) is 9.98. The Morgan fingerprint density at radius 1 is 0.933 bits per heavy atom. The second-order valence-electron chi connectivity index (χ2n) is 7.49. The highest BCUT2D eigenvalue weighted by atomic mass is 32.2. The summed E-state index contributed by atoms with van der Waals surface area (Å²) in [5.41, 5.74) is 4.21. The van der Waals surface area contributed by atoms with Crippen LogP contribution in [0.15, 0.2) is 67.3 Å². The molecule has 0 spiro atoms. The van der Waals surface area contributed by atoms with Gasteiger partial charge in [0.05, 0.1) is 29.5 Å². The Balaban J connectivity index is 1.44. The second-order valence-corrected chi connectivity index (χ2v) is 9.56. The Bertz CT molecular complexity index is 1270. The zero-order chi connectivity index (χ0) is 20.6. The first-order chi connectivity index (χ1) is 14.6. The van der Waals surface area contributed by atoms with Crippen molar-refractivity contribution in [1.82, 2.24) is 24.1 Å². The van der Waals surface area contributed by atoms with Crippen LogP contribution in [0.5, 0.6) is 0 Å². The molecule has 0 unspecified atom stereocenters. The number of nitrogens with one attached hydrogen (secondary N) is 1. The molecule has 1 N–H and O–H groups in total. The fourth-order valence-electron chi connectivity index (χ4n) is 3.89. The first kappa shape index (κ1) is 18.7. The number of hydrogen-bond donors (Lipinski definition) is 1. The Hall–Kier alpha value is -3.26. The van der Waals surface area contributed by atoms with Crippen LogP contribution in [0.2, 0.25) is 0 Å². The number of nitrogens with zero attached hydrogens (tertiary/aromatic N) is 4. The molecule has 3 heterocycles. The Morgan fingerprint density at radius 3 is 2.53 bits per heavy atom. The molecule has 1 aliphatic rings. The van der Waals surface area contributed by atoms with Crippen LogP contribution in [0.4, 0.5) is 0 Å². The number of hydrogen-bond acceptors (Lipinski definition) is 5. The molecular formula is C22H21N5O2S. The summed E-state index contributed by atoms with van der Waals surface area (Å²) >= 11 is 0. The molecule has 30 heavy (non-hydrogen) atoms. The molecule has 8 heteroatoms. The predicted octanol–water partition coefficient (Wildman–Crippen LogP) is 4.12. The lowest BCUT2D eigenvalue weighted by Crippen LogP contribution is -2.25. The van der Waals surface area contributed by atoms with Crippen molar-refractivity contribution in [2.24, 2.45) is 0 Å². The van der Waals surface area contributed by atoms with Crippen molar-refractivity contribution in [2.75, 3.05) is 0 Å². The smallest absolute Gasteiger partial charge is 0.256 e. The average Bonchev–Trinajstić information content (AvgIpc) is 3.56. The third-order valence-corrected chi connectivity index (χ3v) is 7.58. The summed E-state index contributed by atoms with van der Waals surface area (Å²) in [5, 5.41) is 3.80. The van der Waals surface area contributed by atoms with Crippen LogP contribution in [0, 0.1) is 0 Å². The summed E-state index contributed by atoms with van der Waals surface area (Å²) in [5.74, 6) is 0.654. The Kier molecular flexibility index (Phi) is 4.71. The summed E-state index contributed by atoms with van der Waals surface area (Å²) in [6.45, 7) is 0. The van der Waals surface area contributed by atoms with Crippen molar-refractivity contribution in [3.05, 3.63) is 67.3 Å². The van der Waals surface area contributed by atoms with E-state index < -0.39 is 10.0 Å². The highest BCUT2D eigenvalue weighted by Crippen LogP contribution is 2.28. The van der Waals surface area contributed by atoms with Gasteiger partial charge in [-0.15, -0.1) is 0 Å². The van der Waals surface area contributed by atoms with Gasteiger partial charge >= 0.3 is 0 Å². The molecule has 1 aliphatic carbocycles. The van der Waals surface area contributed by atoms with Gasteiger partial charge in [0.1, 0.15) is 5.69 Å². The van der Waals surface area contributed by atoms with Crippen LogP contribution in [-0.4, -0.2) is 37.8 Å². The molecule has 5 rings (SSSR count). The molecular weight excluding hydrogens is 398 g/mol. The first-order valence-electron chi connectivity index (χ1n) is 9.97. The fourth-order valence-corrected chi connectivity index (χ4v) is 5.56. The second kappa shape index (κ2) is 7.53. The first-order valence-corrected chi connectivity index (χ1v) is 11.5. The molecule has 0 aliphatic heterocycles. The quantitative estimate of drug-likeness (QED) is 0.525. The third kappa shape index (κ3) is 3.43. The molecule has 1 saturated carbocycles. The van der Waals surface area contributed by atoms with Crippen molar-refractivity contribution in [1.29, 1.82) is 0 Å². The zero-order valence-corrected chi connectivity index (χ0v) is 17.1. The van der Waals surface area contributed by atoms with E-state index in [0.717, 1.165) is 39.3 Å². The van der Waals surface area contributed by atoms with E-state index in [4.69, 9.17) is 0 Å². The van der Waals surface area contributed by atoms with Gasteiger partial charge in [0.2, 0.25) is 0 Å². The Morgan fingerprint density at radius 2 is 1.73 bits per heavy atom. The van der Waals surface area contributed by atoms with E-state index in [1.54, 1.807) is 24.8 Å². The number of aromatic nitrogens is 5. The molecule has 3 aromatic heterocycles. The lowest BCUT2D eigenvalue weighted by atomic mass is 10.1. The van der Waals surface area contributed by atoms with E-state index in [1.807, 2.05) is 42.5 Å². The maximum Gasteiger partial charge on any atom is 0.256 e. The lowest BCUT2D eigenvalue weighted by molar-refractivity contribution is 0.563. The van der Waals surface area contributed by atoms with Gasteiger partial charge in [-0.25, -0.2) is 13.4 Å². The predicted molar refractivity (Wildman–Crippen MR) is 115 cm³/mol. The lowest BCUT2D eigenvalue weighted by Gasteiger charge is -2.10. The van der Waals surface area contributed by atoms with Gasteiger partial charge in [-0.05, 0) is 36.1 Å². The minimum absolute atomic E-state index is 0.335. The van der Waals surface area contributed by atoms with Crippen LogP contribution in [0.3, 0.4) is 0 Å². The van der Waals surface area contributed by atoms with Gasteiger partial charge in [0, 0.05) is 11.8 Å². The van der Waals surface area contributed by atoms with Gasteiger partial charge in [-0.2, -0.15) is 9.19 Å². The van der Waals surface area contributed by atoms with E-state index >= 15 is 0 Å². The van der Waals surface area contributed by atoms with Crippen molar-refractivity contribution in [3.63, 3.8) is 0 Å². The highest BCUT2D eigenvalue weighted by Gasteiger charge is 2.30. The molecule has 7 nitrogen and oxygen atoms in total. The minimum atomic E-state index is -3.44. The van der Waals surface area contributed by atoms with E-state index in [2.05, 4.69) is 20.1 Å². The summed E-state index contributed by atoms with van der Waals surface area (Å²) < 4.78 is 26.7. The molecule has 4 aromatic rings. The van der Waals surface area contributed by atoms with Crippen LogP contribution in [-0.2, 0) is 10.0 Å². The summed E-state index contributed by atoms with van der Waals surface area (Å²) in [6, 6.07) is 13.7. The van der Waals surface area contributed by atoms with Gasteiger partial charge in [0.25, 0.3) is 10.0 Å². The number of aromatic amines is 1. The van der Waals surface area contributed by atoms with Crippen molar-refractivity contribution in [2.45, 2.75) is 30.9 Å². The fraction of sp³-hybridized carbons (Fsp3) is 0.227. The highest BCUT2D eigenvalue weighted by molar-refractivity contribution is 7.90. The third-order valence-electron chi connectivity index (χ3n) is 5.54. The van der Waals surface area contributed by atoms with E-state index in [-0.39, 0.29) is 5.25 Å². The van der Waals surface area contributed by atoms with Crippen LogP contribution in [0.1, 0.15) is 25.7 Å². The van der Waals surface area contributed by atoms with Crippen molar-refractivity contribution in [3.8, 4) is 33.9 Å². The van der Waals surface area contributed by atoms with Gasteiger partial charge in [0.15, 0.2) is 5.82 Å². The number of imidazole rings is 1.